The molecule has 0 saturated heterocycles. The molecule has 1 N–H and O–H groups in total. The fraction of sp³-hybridized carbons (Fsp3) is 0.235. The first-order chi connectivity index (χ1) is 10.5. The Bertz CT molecular complexity index is 731. The van der Waals surface area contributed by atoms with Crippen molar-refractivity contribution in [3.05, 3.63) is 63.1 Å². The summed E-state index contributed by atoms with van der Waals surface area (Å²) in [5, 5.41) is 3.78. The van der Waals surface area contributed by atoms with Gasteiger partial charge in [-0.2, -0.15) is 0 Å². The van der Waals surface area contributed by atoms with E-state index in [4.69, 9.17) is 23.2 Å². The maximum atomic E-state index is 12.4. The summed E-state index contributed by atoms with van der Waals surface area (Å²) in [6, 6.07) is 11.2. The molecule has 5 heteroatoms. The molecule has 1 aliphatic heterocycles. The van der Waals surface area contributed by atoms with Crippen molar-refractivity contribution < 1.29 is 4.79 Å². The number of hydrogen-bond acceptors (Lipinski definition) is 1. The molecule has 2 aromatic carbocycles. The molecule has 1 heterocycles. The average Bonchev–Trinajstić information content (AvgIpc) is 2.51. The lowest BCUT2D eigenvalue weighted by atomic mass is 9.96. The third-order valence-electron chi connectivity index (χ3n) is 3.97. The molecule has 0 aliphatic carbocycles. The summed E-state index contributed by atoms with van der Waals surface area (Å²) in [6.07, 6.45) is 0.881. The highest BCUT2D eigenvalue weighted by Crippen LogP contribution is 2.26. The van der Waals surface area contributed by atoms with E-state index < -0.39 is 0 Å². The molecule has 0 bridgehead atoms. The number of anilines is 1. The molecule has 0 saturated carbocycles. The van der Waals surface area contributed by atoms with Crippen LogP contribution < -0.4 is 5.32 Å². The zero-order chi connectivity index (χ0) is 15.7. The van der Waals surface area contributed by atoms with E-state index in [0.717, 1.165) is 6.42 Å². The van der Waals surface area contributed by atoms with Crippen LogP contribution in [0.25, 0.3) is 0 Å². The number of nitrogens with one attached hydrogen (secondary N) is 1. The van der Waals surface area contributed by atoms with Gasteiger partial charge in [0.2, 0.25) is 0 Å². The lowest BCUT2D eigenvalue weighted by Gasteiger charge is -2.30. The SMILES string of the molecule is Cc1cccc2c1CN(C(=O)Nc1ccc(Cl)c(Cl)c1)CC2. The molecule has 0 radical (unpaired) electrons. The third kappa shape index (κ3) is 3.06. The highest BCUT2D eigenvalue weighted by molar-refractivity contribution is 6.42. The first-order valence-electron chi connectivity index (χ1n) is 7.13. The van der Waals surface area contributed by atoms with Gasteiger partial charge in [0.1, 0.15) is 0 Å². The van der Waals surface area contributed by atoms with E-state index in [0.29, 0.717) is 28.8 Å². The van der Waals surface area contributed by atoms with Crippen molar-refractivity contribution in [1.29, 1.82) is 0 Å². The zero-order valence-electron chi connectivity index (χ0n) is 12.2. The molecule has 114 valence electrons. The van der Waals surface area contributed by atoms with Gasteiger partial charge in [0.15, 0.2) is 0 Å². The maximum Gasteiger partial charge on any atom is 0.322 e. The summed E-state index contributed by atoms with van der Waals surface area (Å²) in [4.78, 5) is 14.2. The molecule has 0 fully saturated rings. The number of fused-ring (bicyclic) bond motifs is 1. The van der Waals surface area contributed by atoms with Gasteiger partial charge in [-0.3, -0.25) is 0 Å². The summed E-state index contributed by atoms with van der Waals surface area (Å²) in [7, 11) is 0. The standard InChI is InChI=1S/C17H16Cl2N2O/c1-11-3-2-4-12-7-8-21(10-14(11)12)17(22)20-13-5-6-15(18)16(19)9-13/h2-6,9H,7-8,10H2,1H3,(H,20,22). The summed E-state index contributed by atoms with van der Waals surface area (Å²) >= 11 is 11.9. The molecule has 3 nitrogen and oxygen atoms in total. The Labute approximate surface area is 139 Å². The average molecular weight is 335 g/mol. The van der Waals surface area contributed by atoms with Gasteiger partial charge in [0.25, 0.3) is 0 Å². The van der Waals surface area contributed by atoms with Crippen LogP contribution in [0.15, 0.2) is 36.4 Å². The minimum atomic E-state index is -0.118. The van der Waals surface area contributed by atoms with E-state index in [-0.39, 0.29) is 6.03 Å². The molecular weight excluding hydrogens is 319 g/mol. The van der Waals surface area contributed by atoms with Crippen LogP contribution in [0, 0.1) is 6.92 Å². The van der Waals surface area contributed by atoms with Crippen LogP contribution in [-0.4, -0.2) is 17.5 Å². The van der Waals surface area contributed by atoms with E-state index >= 15 is 0 Å². The van der Waals surface area contributed by atoms with E-state index in [1.807, 2.05) is 4.90 Å². The molecule has 0 aromatic heterocycles. The van der Waals surface area contributed by atoms with Crippen LogP contribution in [0.3, 0.4) is 0 Å². The van der Waals surface area contributed by atoms with Gasteiger partial charge in [0, 0.05) is 18.8 Å². The molecule has 0 atom stereocenters. The number of aryl methyl sites for hydroxylation is 1. The van der Waals surface area contributed by atoms with Crippen molar-refractivity contribution in [2.24, 2.45) is 0 Å². The van der Waals surface area contributed by atoms with E-state index in [9.17, 15) is 4.79 Å². The third-order valence-corrected chi connectivity index (χ3v) is 4.70. The van der Waals surface area contributed by atoms with Gasteiger partial charge in [0.05, 0.1) is 10.0 Å². The number of urea groups is 1. The number of nitrogens with zero attached hydrogens (tertiary/aromatic N) is 1. The molecule has 2 amide bonds. The second kappa shape index (κ2) is 6.19. The van der Waals surface area contributed by atoms with E-state index in [1.165, 1.54) is 16.7 Å². The highest BCUT2D eigenvalue weighted by Gasteiger charge is 2.21. The van der Waals surface area contributed by atoms with Crippen molar-refractivity contribution in [1.82, 2.24) is 4.90 Å². The van der Waals surface area contributed by atoms with Crippen LogP contribution >= 0.6 is 23.2 Å². The summed E-state index contributed by atoms with van der Waals surface area (Å²) in [6.45, 7) is 3.43. The number of benzene rings is 2. The predicted octanol–water partition coefficient (Wildman–Crippen LogP) is 4.89. The predicted molar refractivity (Wildman–Crippen MR) is 90.8 cm³/mol. The zero-order valence-corrected chi connectivity index (χ0v) is 13.7. The summed E-state index contributed by atoms with van der Waals surface area (Å²) in [5.74, 6) is 0. The second-order valence-electron chi connectivity index (χ2n) is 5.44. The highest BCUT2D eigenvalue weighted by atomic mass is 35.5. The molecule has 1 aliphatic rings. The summed E-state index contributed by atoms with van der Waals surface area (Å²) in [5.41, 5.74) is 4.45. The Hall–Kier alpha value is -1.71. The molecule has 3 rings (SSSR count). The Morgan fingerprint density at radius 1 is 1.18 bits per heavy atom. The maximum absolute atomic E-state index is 12.4. The van der Waals surface area contributed by atoms with Gasteiger partial charge in [-0.15, -0.1) is 0 Å². The van der Waals surface area contributed by atoms with Crippen molar-refractivity contribution in [2.75, 3.05) is 11.9 Å². The number of carbonyl (C=O) groups excluding carboxylic acids is 1. The lowest BCUT2D eigenvalue weighted by molar-refractivity contribution is 0.206. The molecule has 2 aromatic rings. The van der Waals surface area contributed by atoms with Crippen LogP contribution in [0.1, 0.15) is 16.7 Å². The molecule has 22 heavy (non-hydrogen) atoms. The van der Waals surface area contributed by atoms with Gasteiger partial charge >= 0.3 is 6.03 Å². The van der Waals surface area contributed by atoms with Crippen molar-refractivity contribution in [2.45, 2.75) is 19.9 Å². The van der Waals surface area contributed by atoms with Crippen LogP contribution in [-0.2, 0) is 13.0 Å². The number of rotatable bonds is 1. The minimum Gasteiger partial charge on any atom is -0.320 e. The fourth-order valence-electron chi connectivity index (χ4n) is 2.70. The van der Waals surface area contributed by atoms with Crippen molar-refractivity contribution in [3.8, 4) is 0 Å². The Balaban J connectivity index is 1.74. The number of halogens is 2. The van der Waals surface area contributed by atoms with Crippen molar-refractivity contribution in [3.63, 3.8) is 0 Å². The van der Waals surface area contributed by atoms with Crippen LogP contribution in [0.4, 0.5) is 10.5 Å². The first kappa shape index (κ1) is 15.2. The Morgan fingerprint density at radius 3 is 2.77 bits per heavy atom. The topological polar surface area (TPSA) is 32.3 Å². The van der Waals surface area contributed by atoms with Gasteiger partial charge in [-0.25, -0.2) is 4.79 Å². The Morgan fingerprint density at radius 2 is 2.00 bits per heavy atom. The number of hydrogen-bond donors (Lipinski definition) is 1. The Kier molecular flexibility index (Phi) is 4.27. The largest absolute Gasteiger partial charge is 0.322 e. The van der Waals surface area contributed by atoms with Crippen LogP contribution in [0.5, 0.6) is 0 Å². The molecular formula is C17H16Cl2N2O. The minimum absolute atomic E-state index is 0.118. The van der Waals surface area contributed by atoms with Gasteiger partial charge in [-0.1, -0.05) is 41.4 Å². The van der Waals surface area contributed by atoms with Gasteiger partial charge in [-0.05, 0) is 48.2 Å². The number of carbonyl (C=O) groups is 1. The summed E-state index contributed by atoms with van der Waals surface area (Å²) < 4.78 is 0. The first-order valence-corrected chi connectivity index (χ1v) is 7.88. The fourth-order valence-corrected chi connectivity index (χ4v) is 3.00. The van der Waals surface area contributed by atoms with Gasteiger partial charge < -0.3 is 10.2 Å². The van der Waals surface area contributed by atoms with Crippen molar-refractivity contribution >= 4 is 34.9 Å². The smallest absolute Gasteiger partial charge is 0.320 e. The van der Waals surface area contributed by atoms with E-state index in [2.05, 4.69) is 30.4 Å². The molecule has 0 unspecified atom stereocenters. The lowest BCUT2D eigenvalue weighted by Crippen LogP contribution is -2.39. The monoisotopic (exact) mass is 334 g/mol. The van der Waals surface area contributed by atoms with E-state index in [1.54, 1.807) is 18.2 Å². The van der Waals surface area contributed by atoms with Crippen LogP contribution in [0.2, 0.25) is 10.0 Å². The second-order valence-corrected chi connectivity index (χ2v) is 6.26. The quantitative estimate of drug-likeness (QED) is 0.790. The molecule has 0 spiro atoms. The number of amides is 2. The normalized spacial score (nSPS) is 13.7.